The van der Waals surface area contributed by atoms with Crippen molar-refractivity contribution >= 4 is 5.69 Å². The topological polar surface area (TPSA) is 37.4 Å². The van der Waals surface area contributed by atoms with E-state index in [1.807, 2.05) is 6.20 Å². The number of rotatable bonds is 2. The normalized spacial score (nSPS) is 35.2. The fourth-order valence-corrected chi connectivity index (χ4v) is 4.01. The Bertz CT molecular complexity index is 496. The van der Waals surface area contributed by atoms with E-state index in [-0.39, 0.29) is 5.60 Å². The Morgan fingerprint density at radius 2 is 2.32 bits per heavy atom. The Balaban J connectivity index is 1.63. The number of pyridine rings is 1. The monoisotopic (exact) mass is 259 g/mol. The van der Waals surface area contributed by atoms with Gasteiger partial charge in [-0.15, -0.1) is 0 Å². The van der Waals surface area contributed by atoms with Crippen LogP contribution in [0.2, 0.25) is 0 Å². The van der Waals surface area contributed by atoms with Gasteiger partial charge in [-0.1, -0.05) is 0 Å². The van der Waals surface area contributed by atoms with Crippen LogP contribution in [0.1, 0.15) is 25.3 Å². The Labute approximate surface area is 114 Å². The van der Waals surface area contributed by atoms with Crippen LogP contribution in [-0.2, 0) is 6.42 Å². The zero-order chi connectivity index (χ0) is 12.9. The van der Waals surface area contributed by atoms with Gasteiger partial charge in [-0.25, -0.2) is 4.98 Å². The van der Waals surface area contributed by atoms with E-state index in [2.05, 4.69) is 28.2 Å². The summed E-state index contributed by atoms with van der Waals surface area (Å²) in [6, 6.07) is 2.22. The minimum atomic E-state index is 0.0245. The van der Waals surface area contributed by atoms with Crippen LogP contribution >= 0.6 is 0 Å². The Morgan fingerprint density at radius 1 is 1.47 bits per heavy atom. The SMILES string of the molecule is CCNc1cnc2c(c1)C[C@@]1(CN3CCC1CC3)O2. The maximum atomic E-state index is 6.32. The predicted molar refractivity (Wildman–Crippen MR) is 74.6 cm³/mol. The van der Waals surface area contributed by atoms with Crippen molar-refractivity contribution in [2.45, 2.75) is 31.8 Å². The van der Waals surface area contributed by atoms with Crippen molar-refractivity contribution in [3.63, 3.8) is 0 Å². The summed E-state index contributed by atoms with van der Waals surface area (Å²) in [5.74, 6) is 1.59. The van der Waals surface area contributed by atoms with Gasteiger partial charge in [0.2, 0.25) is 5.88 Å². The molecule has 0 saturated carbocycles. The van der Waals surface area contributed by atoms with Crippen molar-refractivity contribution in [3.05, 3.63) is 17.8 Å². The molecule has 0 aromatic carbocycles. The lowest BCUT2D eigenvalue weighted by atomic mass is 9.73. The van der Waals surface area contributed by atoms with Crippen LogP contribution in [-0.4, -0.2) is 41.7 Å². The van der Waals surface area contributed by atoms with Gasteiger partial charge in [-0.3, -0.25) is 4.90 Å². The van der Waals surface area contributed by atoms with Crippen LogP contribution in [0.25, 0.3) is 0 Å². The third-order valence-corrected chi connectivity index (χ3v) is 4.92. The summed E-state index contributed by atoms with van der Waals surface area (Å²) in [5.41, 5.74) is 2.42. The van der Waals surface area contributed by atoms with Gasteiger partial charge in [-0.05, 0) is 38.9 Å². The molecule has 102 valence electrons. The maximum Gasteiger partial charge on any atom is 0.217 e. The predicted octanol–water partition coefficient (Wildman–Crippen LogP) is 1.91. The summed E-state index contributed by atoms with van der Waals surface area (Å²) in [4.78, 5) is 7.06. The zero-order valence-corrected chi connectivity index (χ0v) is 11.5. The molecule has 19 heavy (non-hydrogen) atoms. The highest BCUT2D eigenvalue weighted by Crippen LogP contribution is 2.46. The molecule has 0 unspecified atom stereocenters. The van der Waals surface area contributed by atoms with E-state index >= 15 is 0 Å². The summed E-state index contributed by atoms with van der Waals surface area (Å²) in [5, 5.41) is 3.33. The average Bonchev–Trinajstić information content (AvgIpc) is 2.77. The third-order valence-electron chi connectivity index (χ3n) is 4.92. The number of fused-ring (bicyclic) bond motifs is 3. The summed E-state index contributed by atoms with van der Waals surface area (Å²) in [6.07, 6.45) is 5.50. The van der Waals surface area contributed by atoms with Crippen LogP contribution in [0.15, 0.2) is 12.3 Å². The van der Waals surface area contributed by atoms with Gasteiger partial charge in [0.25, 0.3) is 0 Å². The first-order valence-corrected chi connectivity index (χ1v) is 7.43. The molecule has 0 aliphatic carbocycles. The van der Waals surface area contributed by atoms with Gasteiger partial charge < -0.3 is 10.1 Å². The Hall–Kier alpha value is -1.29. The molecular weight excluding hydrogens is 238 g/mol. The summed E-state index contributed by atoms with van der Waals surface area (Å²) >= 11 is 0. The molecule has 1 aromatic heterocycles. The van der Waals surface area contributed by atoms with Gasteiger partial charge in [0, 0.05) is 31.0 Å². The maximum absolute atomic E-state index is 6.32. The van der Waals surface area contributed by atoms with Gasteiger partial charge >= 0.3 is 0 Å². The van der Waals surface area contributed by atoms with E-state index in [1.54, 1.807) is 0 Å². The van der Waals surface area contributed by atoms with E-state index in [1.165, 1.54) is 31.5 Å². The summed E-state index contributed by atoms with van der Waals surface area (Å²) in [6.45, 7) is 6.64. The second kappa shape index (κ2) is 4.10. The first kappa shape index (κ1) is 11.5. The van der Waals surface area contributed by atoms with E-state index < -0.39 is 0 Å². The van der Waals surface area contributed by atoms with E-state index in [9.17, 15) is 0 Å². The average molecular weight is 259 g/mol. The number of aromatic nitrogens is 1. The van der Waals surface area contributed by atoms with E-state index in [4.69, 9.17) is 4.74 Å². The van der Waals surface area contributed by atoms with Crippen LogP contribution in [0.3, 0.4) is 0 Å². The smallest absolute Gasteiger partial charge is 0.217 e. The standard InChI is InChI=1S/C15H21N3O/c1-2-16-13-7-11-8-15(19-14(11)17-9-13)10-18-5-3-12(15)4-6-18/h7,9,12,16H,2-6,8,10H2,1H3/t15-/m0/s1. The van der Waals surface area contributed by atoms with E-state index in [0.717, 1.165) is 31.1 Å². The first-order valence-electron chi connectivity index (χ1n) is 7.43. The molecular formula is C15H21N3O. The lowest BCUT2D eigenvalue weighted by Gasteiger charge is -2.50. The number of hydrogen-bond donors (Lipinski definition) is 1. The van der Waals surface area contributed by atoms with Crippen molar-refractivity contribution in [2.75, 3.05) is 31.5 Å². The van der Waals surface area contributed by atoms with Crippen molar-refractivity contribution in [1.29, 1.82) is 0 Å². The zero-order valence-electron chi connectivity index (χ0n) is 11.5. The highest BCUT2D eigenvalue weighted by atomic mass is 16.5. The molecule has 3 saturated heterocycles. The number of ether oxygens (including phenoxy) is 1. The fourth-order valence-electron chi connectivity index (χ4n) is 4.01. The number of anilines is 1. The fraction of sp³-hybridized carbons (Fsp3) is 0.667. The van der Waals surface area contributed by atoms with Crippen molar-refractivity contribution in [1.82, 2.24) is 9.88 Å². The van der Waals surface area contributed by atoms with Gasteiger partial charge in [0.1, 0.15) is 5.60 Å². The van der Waals surface area contributed by atoms with Gasteiger partial charge in [0.15, 0.2) is 0 Å². The second-order valence-corrected chi connectivity index (χ2v) is 6.11. The highest BCUT2D eigenvalue weighted by molar-refractivity contribution is 5.49. The second-order valence-electron chi connectivity index (χ2n) is 6.11. The summed E-state index contributed by atoms with van der Waals surface area (Å²) < 4.78 is 6.32. The molecule has 0 radical (unpaired) electrons. The Kier molecular flexibility index (Phi) is 2.49. The first-order chi connectivity index (χ1) is 9.29. The van der Waals surface area contributed by atoms with Crippen LogP contribution in [0, 0.1) is 5.92 Å². The molecule has 5 rings (SSSR count). The molecule has 4 aliphatic rings. The minimum absolute atomic E-state index is 0.0245. The molecule has 4 heteroatoms. The van der Waals surface area contributed by atoms with Crippen molar-refractivity contribution < 1.29 is 4.74 Å². The largest absolute Gasteiger partial charge is 0.469 e. The van der Waals surface area contributed by atoms with Crippen LogP contribution in [0.5, 0.6) is 5.88 Å². The lowest BCUT2D eigenvalue weighted by Crippen LogP contribution is -2.61. The molecule has 4 nitrogen and oxygen atoms in total. The van der Waals surface area contributed by atoms with Gasteiger partial charge in [-0.2, -0.15) is 0 Å². The van der Waals surface area contributed by atoms with Crippen molar-refractivity contribution in [3.8, 4) is 5.88 Å². The molecule has 1 aromatic rings. The van der Waals surface area contributed by atoms with Crippen LogP contribution in [0.4, 0.5) is 5.69 Å². The molecule has 3 fully saturated rings. The molecule has 1 spiro atoms. The molecule has 0 amide bonds. The molecule has 1 N–H and O–H groups in total. The number of hydrogen-bond acceptors (Lipinski definition) is 4. The van der Waals surface area contributed by atoms with Gasteiger partial charge in [0.05, 0.1) is 11.9 Å². The van der Waals surface area contributed by atoms with E-state index in [0.29, 0.717) is 5.92 Å². The quantitative estimate of drug-likeness (QED) is 0.880. The Morgan fingerprint density at radius 3 is 3.00 bits per heavy atom. The molecule has 5 heterocycles. The highest BCUT2D eigenvalue weighted by Gasteiger charge is 2.52. The number of nitrogens with zero attached hydrogens (tertiary/aromatic N) is 2. The van der Waals surface area contributed by atoms with Crippen LogP contribution < -0.4 is 10.1 Å². The summed E-state index contributed by atoms with van der Waals surface area (Å²) in [7, 11) is 0. The molecule has 4 aliphatic heterocycles. The minimum Gasteiger partial charge on any atom is -0.469 e. The number of nitrogens with one attached hydrogen (secondary N) is 1. The molecule has 1 atom stereocenters. The lowest BCUT2D eigenvalue weighted by molar-refractivity contribution is -0.0814. The molecule has 2 bridgehead atoms. The number of piperidine rings is 3. The third kappa shape index (κ3) is 1.73. The van der Waals surface area contributed by atoms with Crippen molar-refractivity contribution in [2.24, 2.45) is 5.92 Å².